The van der Waals surface area contributed by atoms with E-state index in [1.54, 1.807) is 19.4 Å². The van der Waals surface area contributed by atoms with Crippen molar-refractivity contribution in [2.45, 2.75) is 20.0 Å². The molecule has 0 saturated heterocycles. The maximum Gasteiger partial charge on any atom is 0.319 e. The molecule has 1 aromatic heterocycles. The van der Waals surface area contributed by atoms with E-state index >= 15 is 0 Å². The SMILES string of the molecule is COc1cccc(NC(=O)NCc2cccc(Cn3ccnc3C)c2)c1. The summed E-state index contributed by atoms with van der Waals surface area (Å²) in [7, 11) is 1.59. The average molecular weight is 350 g/mol. The van der Waals surface area contributed by atoms with Crippen molar-refractivity contribution in [2.24, 2.45) is 0 Å². The number of benzene rings is 2. The smallest absolute Gasteiger partial charge is 0.319 e. The Hall–Kier alpha value is -3.28. The zero-order valence-corrected chi connectivity index (χ0v) is 14.9. The second-order valence-corrected chi connectivity index (χ2v) is 5.96. The summed E-state index contributed by atoms with van der Waals surface area (Å²) in [5.74, 6) is 1.68. The van der Waals surface area contributed by atoms with Crippen LogP contribution in [0.4, 0.5) is 10.5 Å². The Balaban J connectivity index is 1.56. The number of anilines is 1. The largest absolute Gasteiger partial charge is 0.497 e. The van der Waals surface area contributed by atoms with E-state index in [0.29, 0.717) is 18.0 Å². The number of imidazole rings is 1. The highest BCUT2D eigenvalue weighted by atomic mass is 16.5. The molecule has 0 fully saturated rings. The summed E-state index contributed by atoms with van der Waals surface area (Å²) in [6.07, 6.45) is 3.76. The molecule has 1 heterocycles. The molecule has 0 aliphatic rings. The van der Waals surface area contributed by atoms with Crippen LogP contribution in [-0.2, 0) is 13.1 Å². The summed E-state index contributed by atoms with van der Waals surface area (Å²) in [4.78, 5) is 16.3. The van der Waals surface area contributed by atoms with Gasteiger partial charge in [0.05, 0.1) is 7.11 Å². The Labute approximate surface area is 152 Å². The molecule has 0 unspecified atom stereocenters. The third-order valence-corrected chi connectivity index (χ3v) is 4.05. The Kier molecular flexibility index (Phi) is 5.53. The number of hydrogen-bond donors (Lipinski definition) is 2. The number of ether oxygens (including phenoxy) is 1. The lowest BCUT2D eigenvalue weighted by atomic mass is 10.1. The maximum atomic E-state index is 12.1. The minimum atomic E-state index is -0.255. The Bertz CT molecular complexity index is 889. The van der Waals surface area contributed by atoms with E-state index in [9.17, 15) is 4.79 Å². The first-order valence-electron chi connectivity index (χ1n) is 8.38. The summed E-state index contributed by atoms with van der Waals surface area (Å²) < 4.78 is 7.24. The van der Waals surface area contributed by atoms with Gasteiger partial charge in [-0.25, -0.2) is 9.78 Å². The van der Waals surface area contributed by atoms with Gasteiger partial charge in [0.2, 0.25) is 0 Å². The van der Waals surface area contributed by atoms with Gasteiger partial charge in [-0.2, -0.15) is 0 Å². The third-order valence-electron chi connectivity index (χ3n) is 4.05. The van der Waals surface area contributed by atoms with E-state index in [0.717, 1.165) is 17.9 Å². The van der Waals surface area contributed by atoms with Gasteiger partial charge in [0.25, 0.3) is 0 Å². The molecule has 6 nitrogen and oxygen atoms in total. The van der Waals surface area contributed by atoms with E-state index in [4.69, 9.17) is 4.74 Å². The van der Waals surface area contributed by atoms with Crippen LogP contribution in [0, 0.1) is 6.92 Å². The standard InChI is InChI=1S/C20H22N4O2/c1-15-21-9-10-24(15)14-17-6-3-5-16(11-17)13-22-20(25)23-18-7-4-8-19(12-18)26-2/h3-12H,13-14H2,1-2H3,(H2,22,23,25). The summed E-state index contributed by atoms with van der Waals surface area (Å²) >= 11 is 0. The number of aromatic nitrogens is 2. The van der Waals surface area contributed by atoms with Gasteiger partial charge in [0, 0.05) is 37.2 Å². The van der Waals surface area contributed by atoms with Gasteiger partial charge in [-0.3, -0.25) is 0 Å². The molecule has 3 aromatic rings. The van der Waals surface area contributed by atoms with Crippen LogP contribution in [0.25, 0.3) is 0 Å². The quantitative estimate of drug-likeness (QED) is 0.714. The van der Waals surface area contributed by atoms with Crippen molar-refractivity contribution >= 4 is 11.7 Å². The first-order chi connectivity index (χ1) is 12.6. The molecule has 0 spiro atoms. The van der Waals surface area contributed by atoms with Crippen molar-refractivity contribution in [2.75, 3.05) is 12.4 Å². The molecule has 2 amide bonds. The number of hydrogen-bond acceptors (Lipinski definition) is 3. The van der Waals surface area contributed by atoms with Crippen molar-refractivity contribution in [3.8, 4) is 5.75 Å². The van der Waals surface area contributed by atoms with Crippen LogP contribution >= 0.6 is 0 Å². The zero-order chi connectivity index (χ0) is 18.4. The van der Waals surface area contributed by atoms with Crippen LogP contribution in [0.5, 0.6) is 5.75 Å². The molecule has 3 rings (SSSR count). The van der Waals surface area contributed by atoms with E-state index in [1.165, 1.54) is 5.56 Å². The number of aryl methyl sites for hydroxylation is 1. The highest BCUT2D eigenvalue weighted by Gasteiger charge is 2.04. The first-order valence-corrected chi connectivity index (χ1v) is 8.38. The second kappa shape index (κ2) is 8.20. The zero-order valence-electron chi connectivity index (χ0n) is 14.9. The van der Waals surface area contributed by atoms with Crippen LogP contribution < -0.4 is 15.4 Å². The third kappa shape index (κ3) is 4.63. The van der Waals surface area contributed by atoms with Gasteiger partial charge in [0.1, 0.15) is 11.6 Å². The van der Waals surface area contributed by atoms with E-state index in [1.807, 2.05) is 43.5 Å². The van der Waals surface area contributed by atoms with Crippen molar-refractivity contribution in [3.63, 3.8) is 0 Å². The fourth-order valence-corrected chi connectivity index (χ4v) is 2.66. The monoisotopic (exact) mass is 350 g/mol. The molecule has 26 heavy (non-hydrogen) atoms. The topological polar surface area (TPSA) is 68.2 Å². The van der Waals surface area contributed by atoms with Crippen molar-refractivity contribution in [1.82, 2.24) is 14.9 Å². The molecule has 0 saturated carbocycles. The van der Waals surface area contributed by atoms with Crippen LogP contribution in [0.15, 0.2) is 60.9 Å². The van der Waals surface area contributed by atoms with Crippen molar-refractivity contribution < 1.29 is 9.53 Å². The Morgan fingerprint density at radius 1 is 1.15 bits per heavy atom. The number of rotatable bonds is 6. The highest BCUT2D eigenvalue weighted by molar-refractivity contribution is 5.89. The lowest BCUT2D eigenvalue weighted by Crippen LogP contribution is -2.28. The first kappa shape index (κ1) is 17.5. The van der Waals surface area contributed by atoms with E-state index < -0.39 is 0 Å². The summed E-state index contributed by atoms with van der Waals surface area (Å²) in [6.45, 7) is 3.19. The Morgan fingerprint density at radius 2 is 1.96 bits per heavy atom. The molecule has 0 radical (unpaired) electrons. The predicted molar refractivity (Wildman–Crippen MR) is 101 cm³/mol. The number of carbonyl (C=O) groups excluding carboxylic acids is 1. The average Bonchev–Trinajstić information content (AvgIpc) is 3.05. The maximum absolute atomic E-state index is 12.1. The highest BCUT2D eigenvalue weighted by Crippen LogP contribution is 2.16. The van der Waals surface area contributed by atoms with Crippen LogP contribution in [0.1, 0.15) is 17.0 Å². The van der Waals surface area contributed by atoms with E-state index in [2.05, 4.69) is 32.3 Å². The summed E-state index contributed by atoms with van der Waals surface area (Å²) in [5.41, 5.74) is 2.89. The molecule has 0 atom stereocenters. The number of methoxy groups -OCH3 is 1. The van der Waals surface area contributed by atoms with Crippen molar-refractivity contribution in [3.05, 3.63) is 77.9 Å². The normalized spacial score (nSPS) is 10.4. The molecular weight excluding hydrogens is 328 g/mol. The predicted octanol–water partition coefficient (Wildman–Crippen LogP) is 3.57. The Morgan fingerprint density at radius 3 is 2.73 bits per heavy atom. The number of carbonyl (C=O) groups is 1. The van der Waals surface area contributed by atoms with Crippen LogP contribution in [0.3, 0.4) is 0 Å². The molecular formula is C20H22N4O2. The minimum Gasteiger partial charge on any atom is -0.497 e. The fraction of sp³-hybridized carbons (Fsp3) is 0.200. The number of amides is 2. The fourth-order valence-electron chi connectivity index (χ4n) is 2.66. The number of nitrogens with one attached hydrogen (secondary N) is 2. The van der Waals surface area contributed by atoms with Gasteiger partial charge in [-0.15, -0.1) is 0 Å². The lowest BCUT2D eigenvalue weighted by Gasteiger charge is -2.10. The molecule has 6 heteroatoms. The van der Waals surface area contributed by atoms with Crippen LogP contribution in [0.2, 0.25) is 0 Å². The van der Waals surface area contributed by atoms with Gasteiger partial charge in [0.15, 0.2) is 0 Å². The minimum absolute atomic E-state index is 0.255. The molecule has 2 aromatic carbocycles. The lowest BCUT2D eigenvalue weighted by molar-refractivity contribution is 0.251. The summed E-state index contributed by atoms with van der Waals surface area (Å²) in [5, 5.41) is 5.68. The van der Waals surface area contributed by atoms with Gasteiger partial charge < -0.3 is 19.9 Å². The molecule has 134 valence electrons. The number of urea groups is 1. The van der Waals surface area contributed by atoms with E-state index in [-0.39, 0.29) is 6.03 Å². The molecule has 0 bridgehead atoms. The van der Waals surface area contributed by atoms with Crippen LogP contribution in [-0.4, -0.2) is 22.7 Å². The van der Waals surface area contributed by atoms with Gasteiger partial charge >= 0.3 is 6.03 Å². The number of nitrogens with zero attached hydrogens (tertiary/aromatic N) is 2. The summed E-state index contributed by atoms with van der Waals surface area (Å²) in [6, 6.07) is 15.1. The van der Waals surface area contributed by atoms with Gasteiger partial charge in [-0.1, -0.05) is 30.3 Å². The molecule has 0 aliphatic carbocycles. The molecule has 2 N–H and O–H groups in total. The second-order valence-electron chi connectivity index (χ2n) is 5.96. The van der Waals surface area contributed by atoms with Gasteiger partial charge in [-0.05, 0) is 30.2 Å². The molecule has 0 aliphatic heterocycles. The van der Waals surface area contributed by atoms with Crippen molar-refractivity contribution in [1.29, 1.82) is 0 Å².